The Hall–Kier alpha value is -1.39. The highest BCUT2D eigenvalue weighted by Gasteiger charge is 2.27. The summed E-state index contributed by atoms with van der Waals surface area (Å²) in [5, 5.41) is 3.35. The monoisotopic (exact) mass is 259 g/mol. The molecule has 2 aliphatic heterocycles. The molecule has 3 rings (SSSR count). The summed E-state index contributed by atoms with van der Waals surface area (Å²) in [4.78, 5) is 16.5. The molecule has 1 aromatic rings. The zero-order valence-electron chi connectivity index (χ0n) is 11.5. The zero-order valence-corrected chi connectivity index (χ0v) is 11.5. The lowest BCUT2D eigenvalue weighted by molar-refractivity contribution is -0.117. The Kier molecular flexibility index (Phi) is 3.53. The van der Waals surface area contributed by atoms with Gasteiger partial charge in [0.05, 0.1) is 6.42 Å². The zero-order chi connectivity index (χ0) is 13.2. The maximum absolute atomic E-state index is 12.1. The van der Waals surface area contributed by atoms with Crippen LogP contribution in [0.3, 0.4) is 0 Å². The van der Waals surface area contributed by atoms with E-state index >= 15 is 0 Å². The van der Waals surface area contributed by atoms with Gasteiger partial charge in [0.25, 0.3) is 0 Å². The minimum atomic E-state index is 0.246. The Bertz CT molecular complexity index is 480. The number of benzene rings is 1. The number of nitrogens with zero attached hydrogens (tertiary/aromatic N) is 2. The van der Waals surface area contributed by atoms with Gasteiger partial charge in [-0.1, -0.05) is 12.1 Å². The number of fused-ring (bicyclic) bond motifs is 1. The number of carbonyl (C=O) groups is 1. The van der Waals surface area contributed by atoms with Crippen LogP contribution in [0.2, 0.25) is 0 Å². The van der Waals surface area contributed by atoms with Crippen LogP contribution in [-0.2, 0) is 11.2 Å². The molecule has 1 N–H and O–H groups in total. The van der Waals surface area contributed by atoms with E-state index in [0.717, 1.165) is 45.0 Å². The number of hydrogen-bond acceptors (Lipinski definition) is 3. The molecule has 19 heavy (non-hydrogen) atoms. The van der Waals surface area contributed by atoms with Crippen LogP contribution in [0.5, 0.6) is 0 Å². The van der Waals surface area contributed by atoms with Crippen LogP contribution in [0.1, 0.15) is 11.1 Å². The molecule has 1 saturated heterocycles. The molecule has 2 heterocycles. The molecule has 4 nitrogen and oxygen atoms in total. The normalized spacial score (nSPS) is 19.8. The van der Waals surface area contributed by atoms with Crippen molar-refractivity contribution in [3.63, 3.8) is 0 Å². The minimum absolute atomic E-state index is 0.246. The van der Waals surface area contributed by atoms with E-state index in [1.165, 1.54) is 11.1 Å². The van der Waals surface area contributed by atoms with Gasteiger partial charge in [0, 0.05) is 45.0 Å². The van der Waals surface area contributed by atoms with Gasteiger partial charge in [-0.2, -0.15) is 0 Å². The number of amides is 1. The number of piperazine rings is 1. The number of rotatable bonds is 3. The molecule has 0 bridgehead atoms. The summed E-state index contributed by atoms with van der Waals surface area (Å²) in [6, 6.07) is 6.32. The third kappa shape index (κ3) is 2.65. The standard InChI is InChI=1S/C15H21N3O/c1-12-2-3-13-11-15(19)18(14(13)10-12)9-8-17-6-4-16-5-7-17/h2-3,10,16H,4-9,11H2,1H3. The van der Waals surface area contributed by atoms with Crippen molar-refractivity contribution in [2.45, 2.75) is 13.3 Å². The highest BCUT2D eigenvalue weighted by atomic mass is 16.2. The first-order valence-corrected chi connectivity index (χ1v) is 7.07. The summed E-state index contributed by atoms with van der Waals surface area (Å²) >= 11 is 0. The van der Waals surface area contributed by atoms with E-state index in [1.807, 2.05) is 4.90 Å². The molecular weight excluding hydrogens is 238 g/mol. The average molecular weight is 259 g/mol. The summed E-state index contributed by atoms with van der Waals surface area (Å²) in [6.45, 7) is 8.16. The van der Waals surface area contributed by atoms with Gasteiger partial charge in [-0.15, -0.1) is 0 Å². The smallest absolute Gasteiger partial charge is 0.231 e. The maximum Gasteiger partial charge on any atom is 0.231 e. The number of anilines is 1. The van der Waals surface area contributed by atoms with Crippen molar-refractivity contribution in [2.24, 2.45) is 0 Å². The van der Waals surface area contributed by atoms with Crippen molar-refractivity contribution in [1.82, 2.24) is 10.2 Å². The SMILES string of the molecule is Cc1ccc2c(c1)N(CCN1CCNCC1)C(=O)C2. The van der Waals surface area contributed by atoms with Crippen LogP contribution >= 0.6 is 0 Å². The molecule has 0 saturated carbocycles. The highest BCUT2D eigenvalue weighted by molar-refractivity contribution is 6.01. The van der Waals surface area contributed by atoms with Crippen LogP contribution in [0, 0.1) is 6.92 Å². The molecule has 2 aliphatic rings. The van der Waals surface area contributed by atoms with Gasteiger partial charge in [0.15, 0.2) is 0 Å². The second-order valence-corrected chi connectivity index (χ2v) is 5.45. The quantitative estimate of drug-likeness (QED) is 0.872. The molecule has 0 spiro atoms. The van der Waals surface area contributed by atoms with Crippen molar-refractivity contribution < 1.29 is 4.79 Å². The fourth-order valence-corrected chi connectivity index (χ4v) is 2.89. The first-order valence-electron chi connectivity index (χ1n) is 7.07. The van der Waals surface area contributed by atoms with E-state index in [2.05, 4.69) is 35.3 Å². The van der Waals surface area contributed by atoms with Gasteiger partial charge in [-0.25, -0.2) is 0 Å². The lowest BCUT2D eigenvalue weighted by Crippen LogP contribution is -2.46. The van der Waals surface area contributed by atoms with Crippen LogP contribution in [-0.4, -0.2) is 50.1 Å². The molecule has 0 aromatic heterocycles. The van der Waals surface area contributed by atoms with Gasteiger partial charge in [0.1, 0.15) is 0 Å². The largest absolute Gasteiger partial charge is 0.314 e. The molecule has 4 heteroatoms. The first-order chi connectivity index (χ1) is 9.24. The Morgan fingerprint density at radius 3 is 2.79 bits per heavy atom. The molecule has 1 amide bonds. The van der Waals surface area contributed by atoms with E-state index < -0.39 is 0 Å². The van der Waals surface area contributed by atoms with Gasteiger partial charge >= 0.3 is 0 Å². The fraction of sp³-hybridized carbons (Fsp3) is 0.533. The van der Waals surface area contributed by atoms with Crippen molar-refractivity contribution in [3.8, 4) is 0 Å². The number of aryl methyl sites for hydroxylation is 1. The molecule has 1 aromatic carbocycles. The van der Waals surface area contributed by atoms with Crippen molar-refractivity contribution >= 4 is 11.6 Å². The second-order valence-electron chi connectivity index (χ2n) is 5.45. The minimum Gasteiger partial charge on any atom is -0.314 e. The number of hydrogen-bond donors (Lipinski definition) is 1. The Morgan fingerprint density at radius 1 is 1.21 bits per heavy atom. The van der Waals surface area contributed by atoms with Crippen molar-refractivity contribution in [2.75, 3.05) is 44.2 Å². The summed E-state index contributed by atoms with van der Waals surface area (Å²) in [5.41, 5.74) is 3.52. The van der Waals surface area contributed by atoms with Crippen LogP contribution < -0.4 is 10.2 Å². The van der Waals surface area contributed by atoms with Crippen molar-refractivity contribution in [3.05, 3.63) is 29.3 Å². The fourth-order valence-electron chi connectivity index (χ4n) is 2.89. The summed E-state index contributed by atoms with van der Waals surface area (Å²) in [6.07, 6.45) is 0.567. The van der Waals surface area contributed by atoms with E-state index in [9.17, 15) is 4.79 Å². The average Bonchev–Trinajstić information content (AvgIpc) is 2.73. The van der Waals surface area contributed by atoms with Crippen molar-refractivity contribution in [1.29, 1.82) is 0 Å². The van der Waals surface area contributed by atoms with E-state index in [4.69, 9.17) is 0 Å². The van der Waals surface area contributed by atoms with E-state index in [1.54, 1.807) is 0 Å². The lowest BCUT2D eigenvalue weighted by atomic mass is 10.1. The van der Waals surface area contributed by atoms with Gasteiger partial charge in [-0.05, 0) is 24.1 Å². The number of nitrogens with one attached hydrogen (secondary N) is 1. The molecule has 0 unspecified atom stereocenters. The summed E-state index contributed by atoms with van der Waals surface area (Å²) in [5.74, 6) is 0.246. The van der Waals surface area contributed by atoms with Gasteiger partial charge < -0.3 is 10.2 Å². The topological polar surface area (TPSA) is 35.6 Å². The van der Waals surface area contributed by atoms with Gasteiger partial charge in [0.2, 0.25) is 5.91 Å². The molecule has 0 aliphatic carbocycles. The first kappa shape index (κ1) is 12.6. The van der Waals surface area contributed by atoms with Gasteiger partial charge in [-0.3, -0.25) is 9.69 Å². The number of carbonyl (C=O) groups excluding carboxylic acids is 1. The van der Waals surface area contributed by atoms with Crippen LogP contribution in [0.15, 0.2) is 18.2 Å². The van der Waals surface area contributed by atoms with E-state index in [-0.39, 0.29) is 5.91 Å². The predicted molar refractivity (Wildman–Crippen MR) is 76.5 cm³/mol. The maximum atomic E-state index is 12.1. The van der Waals surface area contributed by atoms with Crippen LogP contribution in [0.4, 0.5) is 5.69 Å². The lowest BCUT2D eigenvalue weighted by Gasteiger charge is -2.29. The molecule has 0 atom stereocenters. The summed E-state index contributed by atoms with van der Waals surface area (Å²) in [7, 11) is 0. The third-order valence-corrected chi connectivity index (χ3v) is 4.02. The molecule has 1 fully saturated rings. The predicted octanol–water partition coefficient (Wildman–Crippen LogP) is 0.789. The van der Waals surface area contributed by atoms with Crippen LogP contribution in [0.25, 0.3) is 0 Å². The Balaban J connectivity index is 1.67. The van der Waals surface area contributed by atoms with E-state index in [0.29, 0.717) is 6.42 Å². The highest BCUT2D eigenvalue weighted by Crippen LogP contribution is 2.29. The molecule has 0 radical (unpaired) electrons. The third-order valence-electron chi connectivity index (χ3n) is 4.02. The molecule has 102 valence electrons. The summed E-state index contributed by atoms with van der Waals surface area (Å²) < 4.78 is 0. The second kappa shape index (κ2) is 5.31. The Labute approximate surface area is 114 Å². The molecular formula is C15H21N3O. The Morgan fingerprint density at radius 2 is 2.00 bits per heavy atom.